The first kappa shape index (κ1) is 26.5. The summed E-state index contributed by atoms with van der Waals surface area (Å²) in [5.41, 5.74) is 4.63. The Morgan fingerprint density at radius 1 is 0.694 bits per heavy atom. The number of rotatable bonds is 10. The van der Waals surface area contributed by atoms with E-state index >= 15 is 8.78 Å². The number of hydrogen-bond donors (Lipinski definition) is 0. The van der Waals surface area contributed by atoms with E-state index in [9.17, 15) is 4.39 Å². The van der Waals surface area contributed by atoms with Gasteiger partial charge in [0.1, 0.15) is 5.82 Å². The Labute approximate surface area is 215 Å². The number of benzene rings is 3. The third-order valence-electron chi connectivity index (χ3n) is 7.96. The van der Waals surface area contributed by atoms with Gasteiger partial charge < -0.3 is 0 Å². The molecule has 0 nitrogen and oxygen atoms in total. The monoisotopic (exact) mass is 492 g/mol. The fourth-order valence-electron chi connectivity index (χ4n) is 5.69. The summed E-state index contributed by atoms with van der Waals surface area (Å²) in [5.74, 6) is -0.968. The zero-order valence-electron chi connectivity index (χ0n) is 21.8. The van der Waals surface area contributed by atoms with Crippen molar-refractivity contribution >= 4 is 0 Å². The predicted octanol–water partition coefficient (Wildman–Crippen LogP) is 9.97. The minimum absolute atomic E-state index is 0.0475. The largest absolute Gasteiger partial charge is 0.207 e. The minimum Gasteiger partial charge on any atom is -0.207 e. The summed E-state index contributed by atoms with van der Waals surface area (Å²) < 4.78 is 44.7. The molecular formula is C33H39F3. The molecule has 0 aromatic heterocycles. The first-order valence-electron chi connectivity index (χ1n) is 13.8. The Morgan fingerprint density at radius 3 is 2.08 bits per heavy atom. The van der Waals surface area contributed by atoms with Crippen LogP contribution in [0.3, 0.4) is 0 Å². The van der Waals surface area contributed by atoms with Crippen LogP contribution in [0.25, 0.3) is 11.1 Å². The average Bonchev–Trinajstić information content (AvgIpc) is 2.90. The van der Waals surface area contributed by atoms with E-state index in [1.165, 1.54) is 5.56 Å². The van der Waals surface area contributed by atoms with Gasteiger partial charge in [-0.1, -0.05) is 75.2 Å². The van der Waals surface area contributed by atoms with Crippen LogP contribution in [0.15, 0.2) is 54.6 Å². The Balaban J connectivity index is 1.33. The highest BCUT2D eigenvalue weighted by molar-refractivity contribution is 5.65. The first-order valence-corrected chi connectivity index (χ1v) is 13.8. The molecule has 0 aliphatic heterocycles. The summed E-state index contributed by atoms with van der Waals surface area (Å²) in [7, 11) is 0. The summed E-state index contributed by atoms with van der Waals surface area (Å²) in [6.07, 6.45) is 10.5. The lowest BCUT2D eigenvalue weighted by Crippen LogP contribution is -2.16. The fraction of sp³-hybridized carbons (Fsp3) is 0.455. The van der Waals surface area contributed by atoms with E-state index in [1.54, 1.807) is 18.2 Å². The van der Waals surface area contributed by atoms with Crippen LogP contribution >= 0.6 is 0 Å². The third-order valence-corrected chi connectivity index (χ3v) is 7.96. The van der Waals surface area contributed by atoms with Crippen LogP contribution in [0.1, 0.15) is 93.4 Å². The zero-order chi connectivity index (χ0) is 25.5. The van der Waals surface area contributed by atoms with Crippen molar-refractivity contribution in [2.45, 2.75) is 90.4 Å². The van der Waals surface area contributed by atoms with Crippen molar-refractivity contribution in [2.24, 2.45) is 5.92 Å². The van der Waals surface area contributed by atoms with Gasteiger partial charge in [0.15, 0.2) is 11.6 Å². The molecule has 0 atom stereocenters. The van der Waals surface area contributed by atoms with E-state index < -0.39 is 11.6 Å². The maximum atomic E-state index is 15.1. The van der Waals surface area contributed by atoms with Crippen LogP contribution < -0.4 is 0 Å². The Hall–Kier alpha value is -2.55. The van der Waals surface area contributed by atoms with E-state index in [4.69, 9.17) is 0 Å². The first-order chi connectivity index (χ1) is 17.5. The molecule has 0 radical (unpaired) electrons. The highest BCUT2D eigenvalue weighted by Gasteiger charge is 2.26. The number of unbranched alkanes of at least 4 members (excludes halogenated alkanes) is 1. The lowest BCUT2D eigenvalue weighted by atomic mass is 9.76. The molecule has 0 spiro atoms. The minimum atomic E-state index is -0.740. The van der Waals surface area contributed by atoms with Gasteiger partial charge in [0, 0.05) is 5.56 Å². The van der Waals surface area contributed by atoms with Gasteiger partial charge in [-0.25, -0.2) is 13.2 Å². The lowest BCUT2D eigenvalue weighted by molar-refractivity contribution is 0.304. The smallest absolute Gasteiger partial charge is 0.166 e. The number of halogens is 3. The molecule has 3 heteroatoms. The van der Waals surface area contributed by atoms with Gasteiger partial charge in [-0.15, -0.1) is 0 Å². The standard InChI is InChI=1S/C33H39F3/c1-3-5-7-25-13-19-28(31(34)22-25)18-12-24-10-16-27(17-11-24)30-21-20-29(32(35)33(30)36)26-14-8-23(6-4-2)9-15-26/h8-9,13-15,19-22,24,27H,3-7,10-12,16-18H2,1-2H3. The molecule has 0 heterocycles. The molecule has 1 saturated carbocycles. The van der Waals surface area contributed by atoms with Crippen LogP contribution in [0.5, 0.6) is 0 Å². The van der Waals surface area contributed by atoms with E-state index in [-0.39, 0.29) is 11.7 Å². The second kappa shape index (κ2) is 12.6. The molecule has 0 saturated heterocycles. The summed E-state index contributed by atoms with van der Waals surface area (Å²) in [6.45, 7) is 4.27. The Bertz CT molecular complexity index is 1120. The molecule has 0 bridgehead atoms. The summed E-state index contributed by atoms with van der Waals surface area (Å²) in [4.78, 5) is 0. The lowest BCUT2D eigenvalue weighted by Gasteiger charge is -2.29. The number of aryl methyl sites for hydroxylation is 3. The van der Waals surface area contributed by atoms with Gasteiger partial charge in [0.25, 0.3) is 0 Å². The molecule has 36 heavy (non-hydrogen) atoms. The summed E-state index contributed by atoms with van der Waals surface area (Å²) in [5, 5.41) is 0. The fourth-order valence-corrected chi connectivity index (χ4v) is 5.69. The molecule has 1 aliphatic carbocycles. The molecule has 1 fully saturated rings. The molecule has 4 rings (SSSR count). The molecule has 0 unspecified atom stereocenters. The summed E-state index contributed by atoms with van der Waals surface area (Å²) in [6, 6.07) is 17.0. The summed E-state index contributed by atoms with van der Waals surface area (Å²) >= 11 is 0. The van der Waals surface area contributed by atoms with Crippen molar-refractivity contribution in [3.8, 4) is 11.1 Å². The SMILES string of the molecule is CCCCc1ccc(CCC2CCC(c3ccc(-c4ccc(CCC)cc4)c(F)c3F)CC2)c(F)c1. The van der Waals surface area contributed by atoms with E-state index in [0.717, 1.165) is 81.8 Å². The maximum absolute atomic E-state index is 15.1. The van der Waals surface area contributed by atoms with Gasteiger partial charge in [0.05, 0.1) is 0 Å². The highest BCUT2D eigenvalue weighted by atomic mass is 19.2. The molecule has 3 aromatic rings. The predicted molar refractivity (Wildman–Crippen MR) is 144 cm³/mol. The Morgan fingerprint density at radius 2 is 1.42 bits per heavy atom. The van der Waals surface area contributed by atoms with E-state index in [2.05, 4.69) is 19.9 Å². The van der Waals surface area contributed by atoms with Gasteiger partial charge in [-0.3, -0.25) is 0 Å². The van der Waals surface area contributed by atoms with Gasteiger partial charge >= 0.3 is 0 Å². The molecular weight excluding hydrogens is 453 g/mol. The average molecular weight is 493 g/mol. The normalized spacial score (nSPS) is 17.9. The van der Waals surface area contributed by atoms with Crippen LogP contribution in [0, 0.1) is 23.4 Å². The highest BCUT2D eigenvalue weighted by Crippen LogP contribution is 2.40. The van der Waals surface area contributed by atoms with Crippen molar-refractivity contribution < 1.29 is 13.2 Å². The van der Waals surface area contributed by atoms with Gasteiger partial charge in [0.2, 0.25) is 0 Å². The van der Waals surface area contributed by atoms with Crippen molar-refractivity contribution in [3.63, 3.8) is 0 Å². The van der Waals surface area contributed by atoms with Crippen molar-refractivity contribution in [3.05, 3.63) is 94.3 Å². The quantitative estimate of drug-likeness (QED) is 0.264. The van der Waals surface area contributed by atoms with Gasteiger partial charge in [-0.05, 0) is 104 Å². The van der Waals surface area contributed by atoms with E-state index in [1.807, 2.05) is 30.3 Å². The second-order valence-electron chi connectivity index (χ2n) is 10.6. The van der Waals surface area contributed by atoms with Crippen LogP contribution in [-0.2, 0) is 19.3 Å². The number of hydrogen-bond acceptors (Lipinski definition) is 0. The molecule has 192 valence electrons. The maximum Gasteiger partial charge on any atom is 0.166 e. The zero-order valence-corrected chi connectivity index (χ0v) is 21.8. The van der Waals surface area contributed by atoms with Gasteiger partial charge in [-0.2, -0.15) is 0 Å². The van der Waals surface area contributed by atoms with Crippen molar-refractivity contribution in [1.29, 1.82) is 0 Å². The van der Waals surface area contributed by atoms with Crippen molar-refractivity contribution in [1.82, 2.24) is 0 Å². The van der Waals surface area contributed by atoms with Crippen LogP contribution in [-0.4, -0.2) is 0 Å². The van der Waals surface area contributed by atoms with Crippen LogP contribution in [0.4, 0.5) is 13.2 Å². The molecule has 1 aliphatic rings. The third kappa shape index (κ3) is 6.41. The second-order valence-corrected chi connectivity index (χ2v) is 10.6. The molecule has 0 amide bonds. The Kier molecular flexibility index (Phi) is 9.29. The molecule has 3 aromatic carbocycles. The molecule has 0 N–H and O–H groups in total. The topological polar surface area (TPSA) is 0 Å². The van der Waals surface area contributed by atoms with Crippen LogP contribution in [0.2, 0.25) is 0 Å². The van der Waals surface area contributed by atoms with E-state index in [0.29, 0.717) is 22.6 Å². The van der Waals surface area contributed by atoms with Crippen molar-refractivity contribution in [2.75, 3.05) is 0 Å².